The Balaban J connectivity index is 1.72. The third-order valence-corrected chi connectivity index (χ3v) is 6.20. The Bertz CT molecular complexity index is 736. The van der Waals surface area contributed by atoms with Crippen LogP contribution in [-0.2, 0) is 14.6 Å². The van der Waals surface area contributed by atoms with Crippen molar-refractivity contribution in [1.29, 1.82) is 0 Å². The van der Waals surface area contributed by atoms with Crippen LogP contribution in [0.1, 0.15) is 0 Å². The maximum atomic E-state index is 12.7. The minimum Gasteiger partial charge on any atom is -0.337 e. The zero-order valence-electron chi connectivity index (χ0n) is 13.1. The van der Waals surface area contributed by atoms with Crippen LogP contribution in [0.3, 0.4) is 0 Å². The highest BCUT2D eigenvalue weighted by Crippen LogP contribution is 2.49. The van der Waals surface area contributed by atoms with Crippen molar-refractivity contribution in [2.75, 3.05) is 32.1 Å². The number of hydrogen-bond acceptors (Lipinski definition) is 8. The molecule has 6 nitrogen and oxygen atoms in total. The summed E-state index contributed by atoms with van der Waals surface area (Å²) >= 11 is 8.25. The van der Waals surface area contributed by atoms with Crippen molar-refractivity contribution < 1.29 is 14.6 Å². The Morgan fingerprint density at radius 1 is 1.33 bits per heavy atom. The van der Waals surface area contributed by atoms with Gasteiger partial charge >= 0.3 is 0 Å². The summed E-state index contributed by atoms with van der Waals surface area (Å²) in [5, 5.41) is 0.909. The lowest BCUT2D eigenvalue weighted by Gasteiger charge is -2.15. The summed E-state index contributed by atoms with van der Waals surface area (Å²) in [7, 11) is 3.53. The molecule has 0 aromatic heterocycles. The van der Waals surface area contributed by atoms with Crippen LogP contribution in [0, 0.1) is 0 Å². The van der Waals surface area contributed by atoms with Gasteiger partial charge in [-0.3, -0.25) is 14.7 Å². The Labute approximate surface area is 153 Å². The molecule has 0 unspecified atom stereocenters. The van der Waals surface area contributed by atoms with Gasteiger partial charge in [-0.25, -0.2) is 0 Å². The van der Waals surface area contributed by atoms with Crippen LogP contribution in [-0.4, -0.2) is 48.8 Å². The highest BCUT2D eigenvalue weighted by atomic mass is 32.2. The van der Waals surface area contributed by atoms with Gasteiger partial charge < -0.3 is 9.79 Å². The quantitative estimate of drug-likeness (QED) is 0.148. The topological polar surface area (TPSA) is 54.4 Å². The molecule has 2 heterocycles. The van der Waals surface area contributed by atoms with Gasteiger partial charge in [-0.1, -0.05) is 47.9 Å². The zero-order chi connectivity index (χ0) is 17.1. The first-order valence-corrected chi connectivity index (χ1v) is 9.15. The largest absolute Gasteiger partial charge is 0.337 e. The van der Waals surface area contributed by atoms with E-state index >= 15 is 0 Å². The van der Waals surface area contributed by atoms with E-state index in [4.69, 9.17) is 22.0 Å². The lowest BCUT2D eigenvalue weighted by atomic mass is 10.3. The SMILES string of the molecule is C/N=C/OOCCN1C(=O)/C(=C2/Sc3ccccc3N2C)SC1=S. The number of benzene rings is 1. The Morgan fingerprint density at radius 2 is 2.12 bits per heavy atom. The molecule has 1 saturated heterocycles. The maximum Gasteiger partial charge on any atom is 0.268 e. The molecule has 1 fully saturated rings. The van der Waals surface area contributed by atoms with Gasteiger partial charge in [-0.05, 0) is 12.1 Å². The number of para-hydroxylation sites is 1. The van der Waals surface area contributed by atoms with Crippen molar-refractivity contribution >= 4 is 58.1 Å². The zero-order valence-corrected chi connectivity index (χ0v) is 15.5. The molecule has 0 bridgehead atoms. The van der Waals surface area contributed by atoms with Crippen LogP contribution < -0.4 is 4.90 Å². The average molecular weight is 382 g/mol. The Morgan fingerprint density at radius 3 is 2.88 bits per heavy atom. The van der Waals surface area contributed by atoms with E-state index < -0.39 is 0 Å². The molecule has 0 atom stereocenters. The molecule has 1 aromatic carbocycles. The normalized spacial score (nSPS) is 20.4. The fourth-order valence-electron chi connectivity index (χ4n) is 2.27. The predicted molar refractivity (Wildman–Crippen MR) is 101 cm³/mol. The van der Waals surface area contributed by atoms with Crippen molar-refractivity contribution in [3.05, 3.63) is 34.2 Å². The lowest BCUT2D eigenvalue weighted by Crippen LogP contribution is -2.32. The molecule has 3 rings (SSSR count). The first-order chi connectivity index (χ1) is 11.6. The van der Waals surface area contributed by atoms with Gasteiger partial charge in [0.15, 0.2) is 0 Å². The first kappa shape index (κ1) is 17.3. The van der Waals surface area contributed by atoms with Crippen molar-refractivity contribution in [2.24, 2.45) is 4.99 Å². The summed E-state index contributed by atoms with van der Waals surface area (Å²) in [6.45, 7) is 0.546. The van der Waals surface area contributed by atoms with Crippen molar-refractivity contribution in [3.63, 3.8) is 0 Å². The maximum absolute atomic E-state index is 12.7. The number of rotatable bonds is 5. The molecule has 0 N–H and O–H groups in total. The molecule has 9 heteroatoms. The number of thioether (sulfide) groups is 2. The van der Waals surface area contributed by atoms with Crippen molar-refractivity contribution in [2.45, 2.75) is 4.90 Å². The fraction of sp³-hybridized carbons (Fsp3) is 0.267. The second kappa shape index (κ2) is 7.56. The number of nitrogens with zero attached hydrogens (tertiary/aromatic N) is 3. The van der Waals surface area contributed by atoms with Crippen LogP contribution in [0.2, 0.25) is 0 Å². The van der Waals surface area contributed by atoms with E-state index in [0.29, 0.717) is 15.8 Å². The van der Waals surface area contributed by atoms with E-state index in [2.05, 4.69) is 4.99 Å². The molecule has 2 aliphatic rings. The van der Waals surface area contributed by atoms with Crippen LogP contribution in [0.5, 0.6) is 0 Å². The summed E-state index contributed by atoms with van der Waals surface area (Å²) in [4.78, 5) is 31.3. The molecular weight excluding hydrogens is 366 g/mol. The molecule has 0 radical (unpaired) electrons. The molecule has 126 valence electrons. The Hall–Kier alpha value is -1.55. The van der Waals surface area contributed by atoms with Gasteiger partial charge in [0.05, 0.1) is 17.3 Å². The highest BCUT2D eigenvalue weighted by molar-refractivity contribution is 8.27. The molecule has 2 aliphatic heterocycles. The van der Waals surface area contributed by atoms with Gasteiger partial charge in [0.2, 0.25) is 6.40 Å². The van der Waals surface area contributed by atoms with Gasteiger partial charge in [0, 0.05) is 19.0 Å². The number of aliphatic imine (C=N–C) groups is 1. The highest BCUT2D eigenvalue weighted by Gasteiger charge is 2.37. The van der Waals surface area contributed by atoms with Crippen LogP contribution in [0.4, 0.5) is 5.69 Å². The van der Waals surface area contributed by atoms with E-state index in [1.165, 1.54) is 23.1 Å². The number of carbonyl (C=O) groups excluding carboxylic acids is 1. The number of fused-ring (bicyclic) bond motifs is 1. The fourth-order valence-corrected chi connectivity index (χ4v) is 4.91. The smallest absolute Gasteiger partial charge is 0.268 e. The molecule has 1 aromatic rings. The predicted octanol–water partition coefficient (Wildman–Crippen LogP) is 2.86. The van der Waals surface area contributed by atoms with Crippen LogP contribution in [0.15, 0.2) is 44.1 Å². The minimum atomic E-state index is -0.0973. The van der Waals surface area contributed by atoms with Crippen molar-refractivity contribution in [3.8, 4) is 0 Å². The second-order valence-corrected chi connectivity index (χ2v) is 7.54. The average Bonchev–Trinajstić information content (AvgIpc) is 3.06. The summed E-state index contributed by atoms with van der Waals surface area (Å²) in [6, 6.07) is 8.06. The summed E-state index contributed by atoms with van der Waals surface area (Å²) in [5.74, 6) is -0.0973. The summed E-state index contributed by atoms with van der Waals surface area (Å²) < 4.78 is 0.528. The molecule has 0 spiro atoms. The number of anilines is 1. The third kappa shape index (κ3) is 3.30. The molecular formula is C15H15N3O3S3. The van der Waals surface area contributed by atoms with E-state index in [1.807, 2.05) is 36.2 Å². The van der Waals surface area contributed by atoms with E-state index in [0.717, 1.165) is 15.6 Å². The van der Waals surface area contributed by atoms with E-state index in [1.54, 1.807) is 18.8 Å². The van der Waals surface area contributed by atoms with Crippen LogP contribution in [0.25, 0.3) is 0 Å². The van der Waals surface area contributed by atoms with Crippen LogP contribution >= 0.6 is 35.7 Å². The van der Waals surface area contributed by atoms with E-state index in [9.17, 15) is 4.79 Å². The third-order valence-electron chi connectivity index (χ3n) is 3.40. The number of amides is 1. The standard InChI is InChI=1S/C15H15N3O3S3/c1-16-9-21-20-8-7-18-13(19)12(24-15(18)22)14-17(2)10-5-3-4-6-11(10)23-14/h3-6,9H,7-8H2,1-2H3/b14-12-,16-9+. The molecule has 0 aliphatic carbocycles. The Kier molecular flexibility index (Phi) is 5.44. The summed E-state index contributed by atoms with van der Waals surface area (Å²) in [5.41, 5.74) is 1.10. The first-order valence-electron chi connectivity index (χ1n) is 7.11. The van der Waals surface area contributed by atoms with Crippen molar-refractivity contribution in [1.82, 2.24) is 4.90 Å². The number of carbonyl (C=O) groups is 1. The van der Waals surface area contributed by atoms with E-state index in [-0.39, 0.29) is 12.5 Å². The van der Waals surface area contributed by atoms with Gasteiger partial charge in [0.25, 0.3) is 5.91 Å². The molecule has 24 heavy (non-hydrogen) atoms. The second-order valence-electron chi connectivity index (χ2n) is 4.87. The number of thiocarbonyl (C=S) groups is 1. The minimum absolute atomic E-state index is 0.0973. The molecule has 0 saturated carbocycles. The van der Waals surface area contributed by atoms with Gasteiger partial charge in [0.1, 0.15) is 15.8 Å². The summed E-state index contributed by atoms with van der Waals surface area (Å²) in [6.07, 6.45) is 1.19. The van der Waals surface area contributed by atoms with Gasteiger partial charge in [-0.2, -0.15) is 4.89 Å². The molecule has 1 amide bonds. The monoisotopic (exact) mass is 381 g/mol. The number of hydrogen-bond donors (Lipinski definition) is 0. The van der Waals surface area contributed by atoms with Gasteiger partial charge in [-0.15, -0.1) is 0 Å². The lowest BCUT2D eigenvalue weighted by molar-refractivity contribution is -0.216.